The predicted molar refractivity (Wildman–Crippen MR) is 74.3 cm³/mol. The molecule has 2 heteroatoms. The fraction of sp³-hybridized carbons (Fsp3) is 0.538. The van der Waals surface area contributed by atoms with Gasteiger partial charge in [0.25, 0.3) is 0 Å². The fourth-order valence-corrected chi connectivity index (χ4v) is 2.57. The summed E-state index contributed by atoms with van der Waals surface area (Å²) < 4.78 is 1.30. The summed E-state index contributed by atoms with van der Waals surface area (Å²) in [7, 11) is 0. The molecule has 0 radical (unpaired) electrons. The monoisotopic (exact) mass is 315 g/mol. The smallest absolute Gasteiger partial charge is 0.0343 e. The van der Waals surface area contributed by atoms with Gasteiger partial charge in [-0.1, -0.05) is 25.7 Å². The molecule has 1 aliphatic rings. The number of rotatable bonds is 2. The molecule has 1 N–H and O–H groups in total. The number of anilines is 1. The Balaban J connectivity index is 1.92. The van der Waals surface area contributed by atoms with Crippen LogP contribution in [0.3, 0.4) is 0 Å². The van der Waals surface area contributed by atoms with Crippen molar-refractivity contribution in [3.63, 3.8) is 0 Å². The van der Waals surface area contributed by atoms with Gasteiger partial charge in [-0.15, -0.1) is 0 Å². The maximum atomic E-state index is 3.64. The minimum atomic E-state index is 0.701. The molecular weight excluding hydrogens is 297 g/mol. The molecule has 0 atom stereocenters. The summed E-state index contributed by atoms with van der Waals surface area (Å²) in [6.07, 6.45) is 8.30. The topological polar surface area (TPSA) is 12.0 Å². The summed E-state index contributed by atoms with van der Waals surface area (Å²) in [5.74, 6) is 0. The van der Waals surface area contributed by atoms with Gasteiger partial charge in [0.05, 0.1) is 0 Å². The molecule has 0 saturated heterocycles. The highest BCUT2D eigenvalue weighted by molar-refractivity contribution is 14.1. The lowest BCUT2D eigenvalue weighted by Gasteiger charge is -2.17. The van der Waals surface area contributed by atoms with Crippen LogP contribution < -0.4 is 5.32 Å². The maximum Gasteiger partial charge on any atom is 0.0343 e. The predicted octanol–water partition coefficient (Wildman–Crippen LogP) is 4.43. The van der Waals surface area contributed by atoms with Crippen molar-refractivity contribution < 1.29 is 0 Å². The Kier molecular flexibility index (Phi) is 4.29. The third-order valence-corrected chi connectivity index (χ3v) is 3.79. The number of benzene rings is 1. The van der Waals surface area contributed by atoms with Gasteiger partial charge in [-0.25, -0.2) is 0 Å². The molecule has 1 aromatic carbocycles. The average molecular weight is 315 g/mol. The molecule has 0 amide bonds. The van der Waals surface area contributed by atoms with E-state index in [0.717, 1.165) is 0 Å². The van der Waals surface area contributed by atoms with E-state index in [1.54, 1.807) is 0 Å². The Morgan fingerprint density at radius 2 is 1.53 bits per heavy atom. The highest BCUT2D eigenvalue weighted by atomic mass is 127. The number of halogens is 1. The molecule has 1 saturated carbocycles. The minimum Gasteiger partial charge on any atom is -0.382 e. The van der Waals surface area contributed by atoms with Crippen molar-refractivity contribution in [3.8, 4) is 0 Å². The molecule has 0 unspecified atom stereocenters. The van der Waals surface area contributed by atoms with Gasteiger partial charge in [0.1, 0.15) is 0 Å². The van der Waals surface area contributed by atoms with Gasteiger partial charge < -0.3 is 5.32 Å². The first-order valence-corrected chi connectivity index (χ1v) is 6.94. The van der Waals surface area contributed by atoms with Gasteiger partial charge >= 0.3 is 0 Å². The van der Waals surface area contributed by atoms with Crippen LogP contribution in [0.5, 0.6) is 0 Å². The van der Waals surface area contributed by atoms with Gasteiger partial charge in [-0.05, 0) is 59.7 Å². The first-order chi connectivity index (χ1) is 7.34. The van der Waals surface area contributed by atoms with Gasteiger partial charge in [0.15, 0.2) is 0 Å². The second-order valence-electron chi connectivity index (χ2n) is 4.34. The van der Waals surface area contributed by atoms with E-state index in [-0.39, 0.29) is 0 Å². The van der Waals surface area contributed by atoms with Gasteiger partial charge in [-0.2, -0.15) is 0 Å². The number of nitrogens with one attached hydrogen (secondary N) is 1. The Bertz CT molecular complexity index is 286. The van der Waals surface area contributed by atoms with Crippen molar-refractivity contribution in [2.24, 2.45) is 0 Å². The van der Waals surface area contributed by atoms with Crippen molar-refractivity contribution in [1.82, 2.24) is 0 Å². The summed E-state index contributed by atoms with van der Waals surface area (Å²) >= 11 is 2.35. The number of hydrogen-bond acceptors (Lipinski definition) is 1. The lowest BCUT2D eigenvalue weighted by molar-refractivity contribution is 0.620. The quantitative estimate of drug-likeness (QED) is 0.629. The molecule has 1 aromatic rings. The minimum absolute atomic E-state index is 0.701. The van der Waals surface area contributed by atoms with Crippen LogP contribution >= 0.6 is 22.6 Å². The average Bonchev–Trinajstić information content (AvgIpc) is 2.50. The second-order valence-corrected chi connectivity index (χ2v) is 5.59. The van der Waals surface area contributed by atoms with Crippen molar-refractivity contribution in [2.75, 3.05) is 5.32 Å². The maximum absolute atomic E-state index is 3.64. The van der Waals surface area contributed by atoms with Gasteiger partial charge in [-0.3, -0.25) is 0 Å². The summed E-state index contributed by atoms with van der Waals surface area (Å²) in [6, 6.07) is 9.41. The summed E-state index contributed by atoms with van der Waals surface area (Å²) in [5, 5.41) is 3.64. The molecule has 1 nitrogen and oxygen atoms in total. The number of hydrogen-bond donors (Lipinski definition) is 1. The molecule has 0 spiro atoms. The molecule has 0 bridgehead atoms. The fourth-order valence-electron chi connectivity index (χ4n) is 2.21. The Labute approximate surface area is 106 Å². The zero-order chi connectivity index (χ0) is 10.5. The van der Waals surface area contributed by atoms with Crippen LogP contribution in [-0.4, -0.2) is 6.04 Å². The summed E-state index contributed by atoms with van der Waals surface area (Å²) in [5.41, 5.74) is 1.28. The third-order valence-electron chi connectivity index (χ3n) is 3.07. The van der Waals surface area contributed by atoms with Crippen LogP contribution in [0.4, 0.5) is 5.69 Å². The lowest BCUT2D eigenvalue weighted by Crippen LogP contribution is -2.17. The summed E-state index contributed by atoms with van der Waals surface area (Å²) in [6.45, 7) is 0. The molecule has 0 aromatic heterocycles. The van der Waals surface area contributed by atoms with Crippen molar-refractivity contribution in [2.45, 2.75) is 44.6 Å². The molecular formula is C13H18IN. The zero-order valence-corrected chi connectivity index (χ0v) is 11.2. The van der Waals surface area contributed by atoms with Crippen LogP contribution in [0.15, 0.2) is 24.3 Å². The van der Waals surface area contributed by atoms with E-state index in [4.69, 9.17) is 0 Å². The lowest BCUT2D eigenvalue weighted by atomic mass is 10.1. The van der Waals surface area contributed by atoms with Crippen LogP contribution in [0.2, 0.25) is 0 Å². The molecule has 2 rings (SSSR count). The molecule has 0 heterocycles. The van der Waals surface area contributed by atoms with E-state index in [1.165, 1.54) is 47.8 Å². The highest BCUT2D eigenvalue weighted by Crippen LogP contribution is 2.21. The van der Waals surface area contributed by atoms with Crippen LogP contribution in [0.1, 0.15) is 38.5 Å². The van der Waals surface area contributed by atoms with Crippen molar-refractivity contribution >= 4 is 28.3 Å². The Hall–Kier alpha value is -0.250. The van der Waals surface area contributed by atoms with E-state index < -0.39 is 0 Å². The normalized spacial score (nSPS) is 18.5. The SMILES string of the molecule is Ic1ccc(NC2CCCCCC2)cc1. The molecule has 1 aliphatic carbocycles. The van der Waals surface area contributed by atoms with Crippen LogP contribution in [0.25, 0.3) is 0 Å². The standard InChI is InChI=1S/C13H18IN/c14-11-7-9-13(10-8-11)15-12-5-3-1-2-4-6-12/h7-10,12,15H,1-6H2. The van der Waals surface area contributed by atoms with E-state index in [0.29, 0.717) is 6.04 Å². The highest BCUT2D eigenvalue weighted by Gasteiger charge is 2.11. The Morgan fingerprint density at radius 3 is 2.13 bits per heavy atom. The van der Waals surface area contributed by atoms with Gasteiger partial charge in [0, 0.05) is 15.3 Å². The molecule has 15 heavy (non-hydrogen) atoms. The van der Waals surface area contributed by atoms with Crippen molar-refractivity contribution in [1.29, 1.82) is 0 Å². The molecule has 0 aliphatic heterocycles. The largest absolute Gasteiger partial charge is 0.382 e. The van der Waals surface area contributed by atoms with E-state index in [9.17, 15) is 0 Å². The zero-order valence-electron chi connectivity index (χ0n) is 9.01. The third kappa shape index (κ3) is 3.67. The van der Waals surface area contributed by atoms with Crippen molar-refractivity contribution in [3.05, 3.63) is 27.8 Å². The van der Waals surface area contributed by atoms with Gasteiger partial charge in [0.2, 0.25) is 0 Å². The summed E-state index contributed by atoms with van der Waals surface area (Å²) in [4.78, 5) is 0. The van der Waals surface area contributed by atoms with Crippen LogP contribution in [-0.2, 0) is 0 Å². The molecule has 82 valence electrons. The Morgan fingerprint density at radius 1 is 0.933 bits per heavy atom. The molecule has 1 fully saturated rings. The second kappa shape index (κ2) is 5.73. The van der Waals surface area contributed by atoms with Crippen LogP contribution in [0, 0.1) is 3.57 Å². The first-order valence-electron chi connectivity index (χ1n) is 5.87. The van der Waals surface area contributed by atoms with E-state index >= 15 is 0 Å². The van der Waals surface area contributed by atoms with E-state index in [2.05, 4.69) is 52.2 Å². The first kappa shape index (κ1) is 11.2. The van der Waals surface area contributed by atoms with E-state index in [1.807, 2.05) is 0 Å².